The molecule has 0 bridgehead atoms. The van der Waals surface area contributed by atoms with Crippen LogP contribution in [0.25, 0.3) is 0 Å². The average molecular weight is 253 g/mol. The first-order chi connectivity index (χ1) is 5.74. The van der Waals surface area contributed by atoms with Crippen LogP contribution in [0, 0.1) is 5.92 Å². The Labute approximate surface area is 87.6 Å². The van der Waals surface area contributed by atoms with Crippen molar-refractivity contribution in [3.63, 3.8) is 0 Å². The van der Waals surface area contributed by atoms with Crippen molar-refractivity contribution in [3.8, 4) is 0 Å². The maximum absolute atomic E-state index is 11.1. The second-order valence-electron chi connectivity index (χ2n) is 4.02. The van der Waals surface area contributed by atoms with Crippen LogP contribution in [0.3, 0.4) is 0 Å². The maximum atomic E-state index is 11.1. The van der Waals surface area contributed by atoms with Gasteiger partial charge in [-0.25, -0.2) is 4.79 Å². The minimum absolute atomic E-state index is 0.106. The Kier molecular flexibility index (Phi) is 4.92. The number of aliphatic hydroxyl groups is 1. The van der Waals surface area contributed by atoms with Crippen molar-refractivity contribution in [2.45, 2.75) is 38.1 Å². The molecule has 0 amide bonds. The molecular formula is C9H17BrO3. The van der Waals surface area contributed by atoms with E-state index in [-0.39, 0.29) is 16.8 Å². The summed E-state index contributed by atoms with van der Waals surface area (Å²) in [5, 5.41) is 9.30. The Morgan fingerprint density at radius 2 is 2.00 bits per heavy atom. The fourth-order valence-electron chi connectivity index (χ4n) is 0.600. The molecular weight excluding hydrogens is 236 g/mol. The first-order valence-electron chi connectivity index (χ1n) is 4.27. The molecule has 4 heteroatoms. The molecule has 0 radical (unpaired) electrons. The first kappa shape index (κ1) is 12.9. The largest absolute Gasteiger partial charge is 0.462 e. The van der Waals surface area contributed by atoms with Crippen molar-refractivity contribution in [2.75, 3.05) is 6.61 Å². The number of hydrogen-bond acceptors (Lipinski definition) is 3. The molecule has 0 rings (SSSR count). The third-order valence-corrected chi connectivity index (χ3v) is 1.66. The highest BCUT2D eigenvalue weighted by Crippen LogP contribution is 2.16. The number of carbonyl (C=O) groups is 1. The molecule has 0 aromatic heterocycles. The minimum atomic E-state index is -1.02. The summed E-state index contributed by atoms with van der Waals surface area (Å²) in [6.07, 6.45) is -1.02. The van der Waals surface area contributed by atoms with Crippen LogP contribution < -0.4 is 0 Å². The Bertz CT molecular complexity index is 172. The van der Waals surface area contributed by atoms with Crippen molar-refractivity contribution in [1.29, 1.82) is 0 Å². The number of halogens is 1. The minimum Gasteiger partial charge on any atom is -0.462 e. The zero-order valence-electron chi connectivity index (χ0n) is 8.50. The number of alkyl halides is 1. The average Bonchev–Trinajstić information content (AvgIpc) is 1.97. The van der Waals surface area contributed by atoms with Crippen LogP contribution in [0.5, 0.6) is 0 Å². The van der Waals surface area contributed by atoms with Gasteiger partial charge in [-0.15, -0.1) is 0 Å². The van der Waals surface area contributed by atoms with Gasteiger partial charge in [-0.1, -0.05) is 29.8 Å². The van der Waals surface area contributed by atoms with E-state index in [0.717, 1.165) is 0 Å². The Hall–Kier alpha value is -0.0900. The number of esters is 1. The zero-order valence-corrected chi connectivity index (χ0v) is 10.1. The van der Waals surface area contributed by atoms with E-state index < -0.39 is 12.1 Å². The molecule has 0 aliphatic carbocycles. The number of rotatable bonds is 4. The summed E-state index contributed by atoms with van der Waals surface area (Å²) < 4.78 is 4.66. The van der Waals surface area contributed by atoms with Gasteiger partial charge in [-0.2, -0.15) is 0 Å². The van der Waals surface area contributed by atoms with E-state index in [9.17, 15) is 9.90 Å². The van der Waals surface area contributed by atoms with E-state index in [1.165, 1.54) is 0 Å². The van der Waals surface area contributed by atoms with Gasteiger partial charge in [0.15, 0.2) is 6.10 Å². The molecule has 0 unspecified atom stereocenters. The summed E-state index contributed by atoms with van der Waals surface area (Å²) in [5.74, 6) is -0.659. The van der Waals surface area contributed by atoms with Crippen LogP contribution >= 0.6 is 15.9 Å². The summed E-state index contributed by atoms with van der Waals surface area (Å²) in [5.41, 5.74) is 0. The summed E-state index contributed by atoms with van der Waals surface area (Å²) in [4.78, 5) is 11.1. The van der Waals surface area contributed by atoms with E-state index in [2.05, 4.69) is 15.9 Å². The maximum Gasteiger partial charge on any atom is 0.335 e. The lowest BCUT2D eigenvalue weighted by Crippen LogP contribution is -2.31. The molecule has 0 fully saturated rings. The monoisotopic (exact) mass is 252 g/mol. The molecule has 0 saturated carbocycles. The molecule has 1 N–H and O–H groups in total. The molecule has 0 spiro atoms. The van der Waals surface area contributed by atoms with E-state index in [0.29, 0.717) is 0 Å². The fourth-order valence-corrected chi connectivity index (χ4v) is 0.715. The Morgan fingerprint density at radius 3 is 2.31 bits per heavy atom. The standard InChI is InChI=1S/C9H17BrO3/c1-6(2)7(11)8(12)13-5-9(3,4)10/h6-7,11H,5H2,1-4H3/t7-/m0/s1. The van der Waals surface area contributed by atoms with Gasteiger partial charge in [0.1, 0.15) is 6.61 Å². The Balaban J connectivity index is 3.89. The predicted molar refractivity (Wildman–Crippen MR) is 54.8 cm³/mol. The highest BCUT2D eigenvalue weighted by atomic mass is 79.9. The normalized spacial score (nSPS) is 14.4. The summed E-state index contributed by atoms with van der Waals surface area (Å²) in [6, 6.07) is 0. The van der Waals surface area contributed by atoms with Crippen LogP contribution in [0.15, 0.2) is 0 Å². The lowest BCUT2D eigenvalue weighted by molar-refractivity contribution is -0.156. The van der Waals surface area contributed by atoms with Gasteiger partial charge in [0.25, 0.3) is 0 Å². The molecule has 0 aliphatic rings. The van der Waals surface area contributed by atoms with Crippen LogP contribution in [0.4, 0.5) is 0 Å². The van der Waals surface area contributed by atoms with Crippen molar-refractivity contribution in [3.05, 3.63) is 0 Å². The molecule has 78 valence electrons. The topological polar surface area (TPSA) is 46.5 Å². The molecule has 0 heterocycles. The van der Waals surface area contributed by atoms with Gasteiger partial charge in [0, 0.05) is 0 Å². The Morgan fingerprint density at radius 1 is 1.54 bits per heavy atom. The third-order valence-electron chi connectivity index (χ3n) is 1.43. The summed E-state index contributed by atoms with van der Waals surface area (Å²) >= 11 is 3.33. The second-order valence-corrected chi connectivity index (χ2v) is 6.16. The lowest BCUT2D eigenvalue weighted by atomic mass is 10.1. The quantitative estimate of drug-likeness (QED) is 0.613. The van der Waals surface area contributed by atoms with E-state index in [1.807, 2.05) is 13.8 Å². The van der Waals surface area contributed by atoms with Crippen molar-refractivity contribution in [1.82, 2.24) is 0 Å². The smallest absolute Gasteiger partial charge is 0.335 e. The van der Waals surface area contributed by atoms with E-state index in [4.69, 9.17) is 4.74 Å². The molecule has 13 heavy (non-hydrogen) atoms. The van der Waals surface area contributed by atoms with E-state index >= 15 is 0 Å². The number of carbonyl (C=O) groups excluding carboxylic acids is 1. The van der Waals surface area contributed by atoms with Gasteiger partial charge in [-0.3, -0.25) is 0 Å². The summed E-state index contributed by atoms with van der Waals surface area (Å²) in [6.45, 7) is 7.58. The molecule has 0 saturated heterocycles. The van der Waals surface area contributed by atoms with Crippen molar-refractivity contribution < 1.29 is 14.6 Å². The van der Waals surface area contributed by atoms with Gasteiger partial charge in [-0.05, 0) is 19.8 Å². The molecule has 0 aromatic carbocycles. The van der Waals surface area contributed by atoms with Crippen LogP contribution in [-0.2, 0) is 9.53 Å². The van der Waals surface area contributed by atoms with E-state index in [1.54, 1.807) is 13.8 Å². The lowest BCUT2D eigenvalue weighted by Gasteiger charge is -2.19. The number of aliphatic hydroxyl groups excluding tert-OH is 1. The van der Waals surface area contributed by atoms with Crippen LogP contribution in [-0.4, -0.2) is 28.1 Å². The number of hydrogen-bond donors (Lipinski definition) is 1. The van der Waals surface area contributed by atoms with Crippen LogP contribution in [0.2, 0.25) is 0 Å². The van der Waals surface area contributed by atoms with Crippen LogP contribution in [0.1, 0.15) is 27.7 Å². The van der Waals surface area contributed by atoms with Gasteiger partial charge in [0.05, 0.1) is 4.32 Å². The van der Waals surface area contributed by atoms with Crippen molar-refractivity contribution >= 4 is 21.9 Å². The number of ether oxygens (including phenoxy) is 1. The molecule has 3 nitrogen and oxygen atoms in total. The predicted octanol–water partition coefficient (Wildman–Crippen LogP) is 1.72. The summed E-state index contributed by atoms with van der Waals surface area (Å²) in [7, 11) is 0. The highest BCUT2D eigenvalue weighted by molar-refractivity contribution is 9.10. The third kappa shape index (κ3) is 6.05. The molecule has 0 aliphatic heterocycles. The van der Waals surface area contributed by atoms with Gasteiger partial charge in [0.2, 0.25) is 0 Å². The van der Waals surface area contributed by atoms with Crippen molar-refractivity contribution in [2.24, 2.45) is 5.92 Å². The highest BCUT2D eigenvalue weighted by Gasteiger charge is 2.23. The fraction of sp³-hybridized carbons (Fsp3) is 0.889. The second kappa shape index (κ2) is 4.96. The zero-order chi connectivity index (χ0) is 10.6. The first-order valence-corrected chi connectivity index (χ1v) is 5.07. The molecule has 0 aromatic rings. The molecule has 1 atom stereocenters. The SMILES string of the molecule is CC(C)[C@H](O)C(=O)OCC(C)(C)Br. The van der Waals surface area contributed by atoms with Gasteiger partial charge < -0.3 is 9.84 Å². The van der Waals surface area contributed by atoms with Gasteiger partial charge >= 0.3 is 5.97 Å².